The van der Waals surface area contributed by atoms with E-state index >= 15 is 4.39 Å². The molecule has 0 bridgehead atoms. The van der Waals surface area contributed by atoms with Gasteiger partial charge >= 0.3 is 5.97 Å². The van der Waals surface area contributed by atoms with Gasteiger partial charge in [-0.1, -0.05) is 18.2 Å². The van der Waals surface area contributed by atoms with Gasteiger partial charge in [-0.25, -0.2) is 9.37 Å². The van der Waals surface area contributed by atoms with E-state index in [1.54, 1.807) is 42.6 Å². The van der Waals surface area contributed by atoms with Gasteiger partial charge in [0.2, 0.25) is 5.88 Å². The molecule has 4 rings (SSSR count). The Balaban J connectivity index is 1.58. The number of aliphatic carboxylic acids is 1. The molecule has 1 aliphatic heterocycles. The third kappa shape index (κ3) is 4.29. The summed E-state index contributed by atoms with van der Waals surface area (Å²) in [6, 6.07) is 13.8. The van der Waals surface area contributed by atoms with E-state index in [2.05, 4.69) is 4.98 Å². The lowest BCUT2D eigenvalue weighted by molar-refractivity contribution is -0.145. The minimum Gasteiger partial charge on any atom is -0.493 e. The highest BCUT2D eigenvalue weighted by molar-refractivity contribution is 5.70. The zero-order valence-corrected chi connectivity index (χ0v) is 17.8. The molecule has 3 aromatic rings. The largest absolute Gasteiger partial charge is 0.493 e. The number of ether oxygens (including phenoxy) is 2. The van der Waals surface area contributed by atoms with Gasteiger partial charge in [-0.15, -0.1) is 0 Å². The summed E-state index contributed by atoms with van der Waals surface area (Å²) >= 11 is 0. The first-order valence-corrected chi connectivity index (χ1v) is 10.3. The number of carboxylic acids is 1. The maximum atomic E-state index is 15.1. The van der Waals surface area contributed by atoms with Crippen LogP contribution in [0, 0.1) is 11.7 Å². The maximum Gasteiger partial charge on any atom is 0.309 e. The Hall–Kier alpha value is -3.45. The Labute approximate surface area is 185 Å². The van der Waals surface area contributed by atoms with Crippen LogP contribution in [0.15, 0.2) is 54.7 Å². The van der Waals surface area contributed by atoms with Crippen LogP contribution in [0.3, 0.4) is 0 Å². The van der Waals surface area contributed by atoms with E-state index in [0.717, 1.165) is 16.7 Å². The molecular weight excluding hydrogens is 413 g/mol. The minimum absolute atomic E-state index is 0.201. The molecule has 6 nitrogen and oxygen atoms in total. The van der Waals surface area contributed by atoms with Gasteiger partial charge in [0.1, 0.15) is 11.6 Å². The second-order valence-corrected chi connectivity index (χ2v) is 7.97. The van der Waals surface area contributed by atoms with Crippen LogP contribution in [0.25, 0.3) is 11.1 Å². The highest BCUT2D eigenvalue weighted by Gasteiger charge is 2.27. The van der Waals surface area contributed by atoms with Gasteiger partial charge in [0.15, 0.2) is 0 Å². The molecule has 0 aliphatic carbocycles. The van der Waals surface area contributed by atoms with Crippen molar-refractivity contribution in [3.05, 3.63) is 77.2 Å². The zero-order valence-electron chi connectivity index (χ0n) is 17.8. The van der Waals surface area contributed by atoms with Crippen molar-refractivity contribution in [2.75, 3.05) is 13.7 Å². The number of rotatable bonds is 6. The number of halogens is 1. The second-order valence-electron chi connectivity index (χ2n) is 7.97. The fraction of sp³-hybridized carbons (Fsp3) is 0.280. The molecule has 0 saturated heterocycles. The number of aliphatic hydroxyl groups is 1. The van der Waals surface area contributed by atoms with Gasteiger partial charge in [0, 0.05) is 18.2 Å². The van der Waals surface area contributed by atoms with E-state index in [4.69, 9.17) is 9.47 Å². The highest BCUT2D eigenvalue weighted by Crippen LogP contribution is 2.37. The van der Waals surface area contributed by atoms with Crippen LogP contribution >= 0.6 is 0 Å². The standard InChI is InChI=1S/C25H24FNO5/c1-14(25(29)30)24(28)17-4-6-22-18(9-17)10-19(13-32-22)20-5-3-15(11-21(20)26)16-7-8-27-23(12-16)31-2/h3-9,11-12,14,19,24,28H,10,13H2,1-2H3,(H,29,30)/t14?,19?,24-/m1/s1. The normalized spacial score (nSPS) is 17.1. The van der Waals surface area contributed by atoms with Crippen molar-refractivity contribution in [1.82, 2.24) is 4.98 Å². The number of aliphatic hydroxyl groups excluding tert-OH is 1. The molecule has 32 heavy (non-hydrogen) atoms. The zero-order chi connectivity index (χ0) is 22.8. The molecule has 7 heteroatoms. The van der Waals surface area contributed by atoms with Crippen molar-refractivity contribution in [1.29, 1.82) is 0 Å². The van der Waals surface area contributed by atoms with Crippen molar-refractivity contribution in [2.45, 2.75) is 25.4 Å². The summed E-state index contributed by atoms with van der Waals surface area (Å²) in [5, 5.41) is 19.5. The summed E-state index contributed by atoms with van der Waals surface area (Å²) in [4.78, 5) is 15.3. The van der Waals surface area contributed by atoms with E-state index in [9.17, 15) is 15.0 Å². The van der Waals surface area contributed by atoms with Crippen molar-refractivity contribution in [2.24, 2.45) is 5.92 Å². The lowest BCUT2D eigenvalue weighted by Gasteiger charge is -2.27. The SMILES string of the molecule is COc1cc(-c2ccc(C3COc4ccc([C@H](O)C(C)C(=O)O)cc4C3)c(F)c2)ccn1. The number of hydrogen-bond donors (Lipinski definition) is 2. The minimum atomic E-state index is -1.13. The first kappa shape index (κ1) is 21.8. The second kappa shape index (κ2) is 8.96. The third-order valence-corrected chi connectivity index (χ3v) is 5.91. The third-order valence-electron chi connectivity index (χ3n) is 5.91. The molecule has 2 unspecified atom stereocenters. The van der Waals surface area contributed by atoms with Gasteiger partial charge in [-0.05, 0) is 65.4 Å². The number of carboxylic acid groups (broad SMARTS) is 1. The number of hydrogen-bond acceptors (Lipinski definition) is 5. The molecule has 2 N–H and O–H groups in total. The molecule has 0 amide bonds. The quantitative estimate of drug-likeness (QED) is 0.595. The van der Waals surface area contributed by atoms with Crippen LogP contribution < -0.4 is 9.47 Å². The molecule has 3 atom stereocenters. The van der Waals surface area contributed by atoms with E-state index in [-0.39, 0.29) is 11.7 Å². The van der Waals surface area contributed by atoms with Gasteiger partial charge < -0.3 is 19.7 Å². The molecule has 0 fully saturated rings. The molecule has 0 radical (unpaired) electrons. The fourth-order valence-electron chi connectivity index (χ4n) is 3.96. The average molecular weight is 437 g/mol. The number of aromatic nitrogens is 1. The topological polar surface area (TPSA) is 88.9 Å². The summed E-state index contributed by atoms with van der Waals surface area (Å²) in [7, 11) is 1.53. The van der Waals surface area contributed by atoms with Crippen LogP contribution in [0.2, 0.25) is 0 Å². The Morgan fingerprint density at radius 2 is 1.97 bits per heavy atom. The van der Waals surface area contributed by atoms with Crippen LogP contribution in [0.1, 0.15) is 35.6 Å². The lowest BCUT2D eigenvalue weighted by atomic mass is 9.87. The van der Waals surface area contributed by atoms with Crippen molar-refractivity contribution < 1.29 is 28.9 Å². The highest BCUT2D eigenvalue weighted by atomic mass is 19.1. The molecule has 2 heterocycles. The number of methoxy groups -OCH3 is 1. The predicted molar refractivity (Wildman–Crippen MR) is 116 cm³/mol. The van der Waals surface area contributed by atoms with E-state index in [0.29, 0.717) is 35.8 Å². The summed E-state index contributed by atoms with van der Waals surface area (Å²) in [5.41, 5.74) is 3.39. The number of fused-ring (bicyclic) bond motifs is 1. The number of nitrogens with zero attached hydrogens (tertiary/aromatic N) is 1. The molecule has 1 aromatic heterocycles. The van der Waals surface area contributed by atoms with Crippen LogP contribution in [-0.2, 0) is 11.2 Å². The molecule has 1 aliphatic rings. The molecular formula is C25H24FNO5. The summed E-state index contributed by atoms with van der Waals surface area (Å²) in [6.07, 6.45) is 1.01. The Kier molecular flexibility index (Phi) is 6.10. The molecule has 0 spiro atoms. The predicted octanol–water partition coefficient (Wildman–Crippen LogP) is 4.37. The number of benzene rings is 2. The summed E-state index contributed by atoms with van der Waals surface area (Å²) < 4.78 is 26.1. The van der Waals surface area contributed by atoms with Crippen molar-refractivity contribution in [3.8, 4) is 22.8 Å². The molecule has 2 aromatic carbocycles. The van der Waals surface area contributed by atoms with Crippen molar-refractivity contribution in [3.63, 3.8) is 0 Å². The number of carbonyl (C=O) groups is 1. The van der Waals surface area contributed by atoms with E-state index in [1.807, 2.05) is 6.07 Å². The van der Waals surface area contributed by atoms with E-state index in [1.165, 1.54) is 20.1 Å². The maximum absolute atomic E-state index is 15.1. The summed E-state index contributed by atoms with van der Waals surface area (Å²) in [5.74, 6) is -1.41. The van der Waals surface area contributed by atoms with Crippen LogP contribution in [0.5, 0.6) is 11.6 Å². The van der Waals surface area contributed by atoms with Crippen LogP contribution in [0.4, 0.5) is 4.39 Å². The lowest BCUT2D eigenvalue weighted by Crippen LogP contribution is -2.22. The van der Waals surface area contributed by atoms with Crippen molar-refractivity contribution >= 4 is 5.97 Å². The Bertz CT molecular complexity index is 1150. The monoisotopic (exact) mass is 437 g/mol. The van der Waals surface area contributed by atoms with Gasteiger partial charge in [-0.3, -0.25) is 4.79 Å². The fourth-order valence-corrected chi connectivity index (χ4v) is 3.96. The summed E-state index contributed by atoms with van der Waals surface area (Å²) in [6.45, 7) is 1.79. The smallest absolute Gasteiger partial charge is 0.309 e. The molecule has 0 saturated carbocycles. The van der Waals surface area contributed by atoms with E-state index < -0.39 is 18.0 Å². The first-order chi connectivity index (χ1) is 15.4. The van der Waals surface area contributed by atoms with Gasteiger partial charge in [0.25, 0.3) is 0 Å². The van der Waals surface area contributed by atoms with Gasteiger partial charge in [-0.2, -0.15) is 0 Å². The van der Waals surface area contributed by atoms with Gasteiger partial charge in [0.05, 0.1) is 25.7 Å². The first-order valence-electron chi connectivity index (χ1n) is 10.3. The van der Waals surface area contributed by atoms with Crippen LogP contribution in [-0.4, -0.2) is 34.9 Å². The molecule has 166 valence electrons. The Morgan fingerprint density at radius 3 is 2.69 bits per heavy atom. The number of pyridine rings is 1. The Morgan fingerprint density at radius 1 is 1.19 bits per heavy atom. The average Bonchev–Trinajstić information content (AvgIpc) is 2.82.